The van der Waals surface area contributed by atoms with Crippen molar-refractivity contribution in [2.45, 2.75) is 31.9 Å². The maximum atomic E-state index is 10.5. The lowest BCUT2D eigenvalue weighted by Crippen LogP contribution is -2.35. The van der Waals surface area contributed by atoms with Crippen LogP contribution in [-0.4, -0.2) is 43.4 Å². The molecule has 4 heteroatoms. The van der Waals surface area contributed by atoms with Crippen molar-refractivity contribution in [1.29, 1.82) is 0 Å². The second kappa shape index (κ2) is 6.26. The van der Waals surface area contributed by atoms with Gasteiger partial charge in [-0.3, -0.25) is 4.90 Å². The Bertz CT molecular complexity index is 416. The zero-order chi connectivity index (χ0) is 13.8. The molecule has 0 unspecified atom stereocenters. The van der Waals surface area contributed by atoms with Crippen molar-refractivity contribution in [3.8, 4) is 11.5 Å². The average Bonchev–Trinajstić information content (AvgIpc) is 2.99. The molecule has 2 rings (SSSR count). The molecular weight excluding hydrogens is 242 g/mol. The molecule has 0 saturated carbocycles. The number of hydrogen-bond donors (Lipinski definition) is 1. The van der Waals surface area contributed by atoms with Crippen LogP contribution in [0.2, 0.25) is 0 Å². The van der Waals surface area contributed by atoms with E-state index in [1.807, 2.05) is 18.2 Å². The summed E-state index contributed by atoms with van der Waals surface area (Å²) < 4.78 is 10.5. The normalized spacial score (nSPS) is 19.2. The van der Waals surface area contributed by atoms with Gasteiger partial charge < -0.3 is 14.6 Å². The molecular formula is C15H23NO3. The van der Waals surface area contributed by atoms with Gasteiger partial charge in [0.1, 0.15) is 0 Å². The van der Waals surface area contributed by atoms with Gasteiger partial charge >= 0.3 is 0 Å². The smallest absolute Gasteiger partial charge is 0.161 e. The summed E-state index contributed by atoms with van der Waals surface area (Å²) in [5.41, 5.74) is 0.872. The Morgan fingerprint density at radius 2 is 1.74 bits per heavy atom. The van der Waals surface area contributed by atoms with Crippen LogP contribution < -0.4 is 9.47 Å². The molecule has 4 nitrogen and oxygen atoms in total. The zero-order valence-corrected chi connectivity index (χ0v) is 11.9. The highest BCUT2D eigenvalue weighted by Gasteiger charge is 2.25. The fourth-order valence-electron chi connectivity index (χ4n) is 2.66. The summed E-state index contributed by atoms with van der Waals surface area (Å²) in [4.78, 5) is 2.33. The van der Waals surface area contributed by atoms with Crippen LogP contribution >= 0.6 is 0 Å². The van der Waals surface area contributed by atoms with E-state index < -0.39 is 6.10 Å². The van der Waals surface area contributed by atoms with Gasteiger partial charge in [0.05, 0.1) is 20.3 Å². The third-order valence-corrected chi connectivity index (χ3v) is 3.92. The molecule has 106 valence electrons. The fraction of sp³-hybridized carbons (Fsp3) is 0.600. The molecule has 1 aliphatic rings. The van der Waals surface area contributed by atoms with Gasteiger partial charge in [-0.15, -0.1) is 0 Å². The topological polar surface area (TPSA) is 41.9 Å². The first-order chi connectivity index (χ1) is 9.17. The molecule has 0 bridgehead atoms. The van der Waals surface area contributed by atoms with Gasteiger partial charge in [0.2, 0.25) is 0 Å². The number of rotatable bonds is 5. The molecule has 1 fully saturated rings. The molecule has 19 heavy (non-hydrogen) atoms. The van der Waals surface area contributed by atoms with Crippen molar-refractivity contribution in [1.82, 2.24) is 4.90 Å². The van der Waals surface area contributed by atoms with E-state index in [1.165, 1.54) is 12.8 Å². The second-order valence-electron chi connectivity index (χ2n) is 5.04. The van der Waals surface area contributed by atoms with Gasteiger partial charge in [-0.2, -0.15) is 0 Å². The number of nitrogens with zero attached hydrogens (tertiary/aromatic N) is 1. The SMILES string of the molecule is COc1ccc([C@@H](O)[C@H](C)N2CCCC2)cc1OC. The van der Waals surface area contributed by atoms with E-state index in [9.17, 15) is 5.11 Å². The quantitative estimate of drug-likeness (QED) is 0.886. The van der Waals surface area contributed by atoms with Crippen LogP contribution in [0.15, 0.2) is 18.2 Å². The summed E-state index contributed by atoms with van der Waals surface area (Å²) in [5.74, 6) is 1.35. The Balaban J connectivity index is 2.15. The summed E-state index contributed by atoms with van der Waals surface area (Å²) in [6, 6.07) is 5.73. The summed E-state index contributed by atoms with van der Waals surface area (Å²) in [7, 11) is 3.22. The van der Waals surface area contributed by atoms with Gasteiger partial charge in [-0.1, -0.05) is 6.07 Å². The number of aliphatic hydroxyl groups is 1. The highest BCUT2D eigenvalue weighted by atomic mass is 16.5. The molecule has 1 aromatic rings. The Morgan fingerprint density at radius 3 is 2.32 bits per heavy atom. The number of ether oxygens (including phenoxy) is 2. The predicted molar refractivity (Wildman–Crippen MR) is 74.8 cm³/mol. The first-order valence-corrected chi connectivity index (χ1v) is 6.81. The van der Waals surface area contributed by atoms with Crippen molar-refractivity contribution < 1.29 is 14.6 Å². The lowest BCUT2D eigenvalue weighted by atomic mass is 10.0. The summed E-state index contributed by atoms with van der Waals surface area (Å²) in [6.07, 6.45) is 1.95. The minimum absolute atomic E-state index is 0.126. The van der Waals surface area contributed by atoms with E-state index in [1.54, 1.807) is 14.2 Å². The fourth-order valence-corrected chi connectivity index (χ4v) is 2.66. The third-order valence-electron chi connectivity index (χ3n) is 3.92. The summed E-state index contributed by atoms with van der Waals surface area (Å²) in [5, 5.41) is 10.5. The maximum Gasteiger partial charge on any atom is 0.161 e. The number of aliphatic hydroxyl groups excluding tert-OH is 1. The van der Waals surface area contributed by atoms with Crippen molar-refractivity contribution >= 4 is 0 Å². The molecule has 1 aliphatic heterocycles. The second-order valence-corrected chi connectivity index (χ2v) is 5.04. The highest BCUT2D eigenvalue weighted by molar-refractivity contribution is 5.43. The van der Waals surface area contributed by atoms with Gasteiger partial charge in [0, 0.05) is 6.04 Å². The summed E-state index contributed by atoms with van der Waals surface area (Å²) >= 11 is 0. The highest BCUT2D eigenvalue weighted by Crippen LogP contribution is 2.32. The van der Waals surface area contributed by atoms with Gasteiger partial charge in [-0.25, -0.2) is 0 Å². The Labute approximate surface area is 114 Å². The molecule has 1 heterocycles. The van der Waals surface area contributed by atoms with E-state index in [0.717, 1.165) is 18.7 Å². The first-order valence-electron chi connectivity index (χ1n) is 6.81. The molecule has 1 saturated heterocycles. The third kappa shape index (κ3) is 3.01. The van der Waals surface area contributed by atoms with Crippen LogP contribution in [0, 0.1) is 0 Å². The number of benzene rings is 1. The molecule has 2 atom stereocenters. The first kappa shape index (κ1) is 14.2. The number of hydrogen-bond acceptors (Lipinski definition) is 4. The Hall–Kier alpha value is -1.26. The van der Waals surface area contributed by atoms with Crippen molar-refractivity contribution in [3.63, 3.8) is 0 Å². The monoisotopic (exact) mass is 265 g/mol. The molecule has 0 amide bonds. The zero-order valence-electron chi connectivity index (χ0n) is 11.9. The molecule has 0 radical (unpaired) electrons. The van der Waals surface area contributed by atoms with Crippen molar-refractivity contribution in [3.05, 3.63) is 23.8 Å². The minimum Gasteiger partial charge on any atom is -0.493 e. The van der Waals surface area contributed by atoms with Crippen LogP contribution in [-0.2, 0) is 0 Å². The van der Waals surface area contributed by atoms with Crippen molar-refractivity contribution in [2.75, 3.05) is 27.3 Å². The number of likely N-dealkylation sites (tertiary alicyclic amines) is 1. The molecule has 0 spiro atoms. The molecule has 0 aliphatic carbocycles. The van der Waals surface area contributed by atoms with Gasteiger partial charge in [-0.05, 0) is 50.6 Å². The molecule has 0 aromatic heterocycles. The van der Waals surface area contributed by atoms with Gasteiger partial charge in [0.25, 0.3) is 0 Å². The largest absolute Gasteiger partial charge is 0.493 e. The van der Waals surface area contributed by atoms with E-state index in [4.69, 9.17) is 9.47 Å². The van der Waals surface area contributed by atoms with Crippen LogP contribution in [0.25, 0.3) is 0 Å². The minimum atomic E-state index is -0.502. The predicted octanol–water partition coefficient (Wildman–Crippen LogP) is 2.22. The van der Waals surface area contributed by atoms with Crippen LogP contribution in [0.4, 0.5) is 0 Å². The average molecular weight is 265 g/mol. The molecule has 1 N–H and O–H groups in total. The Kier molecular flexibility index (Phi) is 4.66. The standard InChI is InChI=1S/C15H23NO3/c1-11(16-8-4-5-9-16)15(17)12-6-7-13(18-2)14(10-12)19-3/h6-7,10-11,15,17H,4-5,8-9H2,1-3H3/t11-,15-/m0/s1. The van der Waals surface area contributed by atoms with E-state index in [0.29, 0.717) is 11.5 Å². The van der Waals surface area contributed by atoms with E-state index in [-0.39, 0.29) is 6.04 Å². The van der Waals surface area contributed by atoms with Crippen molar-refractivity contribution in [2.24, 2.45) is 0 Å². The lowest BCUT2D eigenvalue weighted by molar-refractivity contribution is 0.0713. The lowest BCUT2D eigenvalue weighted by Gasteiger charge is -2.28. The summed E-state index contributed by atoms with van der Waals surface area (Å²) in [6.45, 7) is 4.23. The van der Waals surface area contributed by atoms with Crippen LogP contribution in [0.5, 0.6) is 11.5 Å². The van der Waals surface area contributed by atoms with E-state index in [2.05, 4.69) is 11.8 Å². The van der Waals surface area contributed by atoms with Crippen LogP contribution in [0.3, 0.4) is 0 Å². The van der Waals surface area contributed by atoms with Crippen LogP contribution in [0.1, 0.15) is 31.4 Å². The molecule has 1 aromatic carbocycles. The van der Waals surface area contributed by atoms with E-state index >= 15 is 0 Å². The van der Waals surface area contributed by atoms with Gasteiger partial charge in [0.15, 0.2) is 11.5 Å². The Morgan fingerprint density at radius 1 is 1.11 bits per heavy atom. The number of methoxy groups -OCH3 is 2. The maximum absolute atomic E-state index is 10.5.